The number of benzene rings is 4. The number of para-hydroxylation sites is 2. The Balaban J connectivity index is 1.11. The number of carbonyl (C=O) groups excluding carboxylic acids is 9. The first-order valence-electron chi connectivity index (χ1n) is 29.3. The van der Waals surface area contributed by atoms with Gasteiger partial charge in [0, 0.05) is 84.4 Å². The molecule has 1 aliphatic heterocycles. The molecule has 2 aromatic heterocycles. The number of phenolic OH excluding ortho intramolecular Hbond substituents is 1. The Labute approximate surface area is 537 Å². The average molecular weight is 1310 g/mol. The minimum atomic E-state index is -1.93. The van der Waals surface area contributed by atoms with Gasteiger partial charge in [0.15, 0.2) is 0 Å². The van der Waals surface area contributed by atoms with Crippen LogP contribution in [-0.4, -0.2) is 185 Å². The van der Waals surface area contributed by atoms with Crippen LogP contribution in [0.15, 0.2) is 116 Å². The molecule has 6 aromatic rings. The summed E-state index contributed by atoms with van der Waals surface area (Å²) in [6.07, 6.45) is 0.723. The first-order valence-corrected chi connectivity index (χ1v) is 30.5. The van der Waals surface area contributed by atoms with Crippen molar-refractivity contribution < 1.29 is 78.0 Å². The molecule has 16 N–H and O–H groups in total. The van der Waals surface area contributed by atoms with Crippen molar-refractivity contribution in [1.29, 1.82) is 0 Å². The number of nitrogens with two attached hydrogens (primary N) is 1. The van der Waals surface area contributed by atoms with E-state index in [0.29, 0.717) is 44.1 Å². The Morgan fingerprint density at radius 1 is 0.533 bits per heavy atom. The van der Waals surface area contributed by atoms with Gasteiger partial charge in [-0.05, 0) is 65.8 Å². The molecule has 9 atom stereocenters. The van der Waals surface area contributed by atoms with Gasteiger partial charge in [-0.25, -0.2) is 4.79 Å². The van der Waals surface area contributed by atoms with Gasteiger partial charge in [-0.3, -0.25) is 52.7 Å². The molecular formula is C62H72N12O16S2. The maximum absolute atomic E-state index is 14.8. The van der Waals surface area contributed by atoms with Crippen LogP contribution >= 0.6 is 25.3 Å². The fraction of sp³-hybridized carbons (Fsp3) is 0.355. The number of hydrogen-bond acceptors (Lipinski definition) is 16. The average Bonchev–Trinajstić information content (AvgIpc) is 1.67. The predicted molar refractivity (Wildman–Crippen MR) is 340 cm³/mol. The second kappa shape index (κ2) is 33.2. The number of aromatic amines is 2. The summed E-state index contributed by atoms with van der Waals surface area (Å²) in [6.45, 7) is -0.900. The van der Waals surface area contributed by atoms with E-state index in [1.807, 2.05) is 0 Å². The number of carbonyl (C=O) groups is 12. The van der Waals surface area contributed by atoms with Crippen LogP contribution in [0.4, 0.5) is 0 Å². The molecule has 488 valence electrons. The predicted octanol–water partition coefficient (Wildman–Crippen LogP) is -0.263. The third kappa shape index (κ3) is 19.5. The van der Waals surface area contributed by atoms with Crippen LogP contribution in [0.3, 0.4) is 0 Å². The quantitative estimate of drug-likeness (QED) is 0.0236. The van der Waals surface area contributed by atoms with Gasteiger partial charge in [-0.1, -0.05) is 78.9 Å². The van der Waals surface area contributed by atoms with Crippen LogP contribution in [0.25, 0.3) is 21.8 Å². The summed E-state index contributed by atoms with van der Waals surface area (Å²) < 4.78 is 0. The van der Waals surface area contributed by atoms with E-state index in [4.69, 9.17) is 5.73 Å². The lowest BCUT2D eigenvalue weighted by Crippen LogP contribution is -2.60. The molecular weight excluding hydrogens is 1230 g/mol. The summed E-state index contributed by atoms with van der Waals surface area (Å²) in [4.78, 5) is 170. The third-order valence-corrected chi connectivity index (χ3v) is 16.0. The lowest BCUT2D eigenvalue weighted by molar-refractivity contribution is -0.143. The highest BCUT2D eigenvalue weighted by Gasteiger charge is 2.41. The van der Waals surface area contributed by atoms with Crippen LogP contribution in [-0.2, 0) is 83.2 Å². The van der Waals surface area contributed by atoms with Crippen molar-refractivity contribution >= 4 is 118 Å². The molecule has 0 saturated carbocycles. The van der Waals surface area contributed by atoms with Gasteiger partial charge in [-0.2, -0.15) is 25.3 Å². The number of carboxylic acids is 3. The smallest absolute Gasteiger partial charge is 0.327 e. The van der Waals surface area contributed by atoms with Crippen molar-refractivity contribution in [2.75, 3.05) is 24.6 Å². The number of rotatable bonds is 33. The van der Waals surface area contributed by atoms with Gasteiger partial charge < -0.3 is 83.6 Å². The minimum absolute atomic E-state index is 0.00365. The van der Waals surface area contributed by atoms with Gasteiger partial charge in [-0.15, -0.1) is 0 Å². The highest BCUT2D eigenvalue weighted by Crippen LogP contribution is 2.24. The number of aromatic hydroxyl groups is 1. The summed E-state index contributed by atoms with van der Waals surface area (Å²) in [5, 5.41) is 60.7. The van der Waals surface area contributed by atoms with Crippen LogP contribution in [0.5, 0.6) is 5.75 Å². The standard InChI is InChI=1S/C62H72N12O16S2/c63-40(31-91)54(81)68-43(20-21-52(77)78)61(88)74-22-8-15-50(74)60(87)72-45(24-34-16-18-37(75)19-17-34)56(83)70-47(26-36-29-65-42-14-7-5-12-39(36)42)59(86)71-48(27-53(79)80)55(82)66-30-51(76)67-46(25-35-28-64-41-13-6-4-11-38(35)41)58(85)69-44(23-33-9-2-1-3-10-33)57(84)73-49(32-92)62(89)90/h1-7,9-14,16-19,28-29,40,43-50,64-65,75,91-92H,8,15,20-27,30-32,63H2,(H,66,82)(H,67,76)(H,68,81)(H,69,85)(H,70,83)(H,71,86)(H,72,87)(H,73,84)(H,77,78)(H,79,80)(H,89,90)/t40-,43-,44-,45-,46-,47-,48-,49-,50-/m0/s1. The number of aromatic nitrogens is 2. The summed E-state index contributed by atoms with van der Waals surface area (Å²) in [6, 6.07) is 14.9. The number of H-pyrrole nitrogens is 2. The zero-order valence-corrected chi connectivity index (χ0v) is 51.3. The minimum Gasteiger partial charge on any atom is -0.508 e. The van der Waals surface area contributed by atoms with E-state index in [1.165, 1.54) is 24.3 Å². The molecule has 0 bridgehead atoms. The number of thiol groups is 2. The Hall–Kier alpha value is -9.94. The normalized spacial score (nSPS) is 15.4. The number of hydrogen-bond donors (Lipinski definition) is 17. The number of fused-ring (bicyclic) bond motifs is 2. The first kappa shape index (κ1) is 69.5. The zero-order valence-electron chi connectivity index (χ0n) is 49.5. The van der Waals surface area contributed by atoms with Crippen LogP contribution < -0.4 is 48.3 Å². The number of aliphatic carboxylic acids is 3. The molecule has 0 unspecified atom stereocenters. The molecule has 1 saturated heterocycles. The fourth-order valence-electron chi connectivity index (χ4n) is 10.4. The Kier molecular flexibility index (Phi) is 25.1. The van der Waals surface area contributed by atoms with Crippen molar-refractivity contribution in [1.82, 2.24) is 57.4 Å². The van der Waals surface area contributed by atoms with Crippen molar-refractivity contribution in [3.05, 3.63) is 138 Å². The molecule has 28 nitrogen and oxygen atoms in total. The topological polar surface area (TPSA) is 443 Å². The van der Waals surface area contributed by atoms with Gasteiger partial charge in [0.1, 0.15) is 54.1 Å². The molecule has 7 rings (SSSR count). The third-order valence-electron chi connectivity index (χ3n) is 15.3. The summed E-state index contributed by atoms with van der Waals surface area (Å²) in [5.41, 5.74) is 9.17. The van der Waals surface area contributed by atoms with Crippen molar-refractivity contribution in [2.24, 2.45) is 5.73 Å². The number of amides is 9. The molecule has 0 radical (unpaired) electrons. The number of likely N-dealkylation sites (tertiary alicyclic amines) is 1. The monoisotopic (exact) mass is 1300 g/mol. The second-order valence-electron chi connectivity index (χ2n) is 21.9. The first-order chi connectivity index (χ1) is 44.0. The van der Waals surface area contributed by atoms with Crippen LogP contribution in [0.2, 0.25) is 0 Å². The number of nitrogens with one attached hydrogen (secondary N) is 10. The van der Waals surface area contributed by atoms with E-state index >= 15 is 0 Å². The Morgan fingerprint density at radius 3 is 1.55 bits per heavy atom. The van der Waals surface area contributed by atoms with Crippen molar-refractivity contribution in [2.45, 2.75) is 112 Å². The lowest BCUT2D eigenvalue weighted by Gasteiger charge is -2.30. The van der Waals surface area contributed by atoms with Crippen LogP contribution in [0.1, 0.15) is 54.4 Å². The largest absolute Gasteiger partial charge is 0.508 e. The molecule has 0 aliphatic carbocycles. The van der Waals surface area contributed by atoms with E-state index in [0.717, 1.165) is 4.90 Å². The molecule has 4 aromatic carbocycles. The second-order valence-corrected chi connectivity index (χ2v) is 22.7. The molecule has 9 amide bonds. The Morgan fingerprint density at radius 2 is 1.02 bits per heavy atom. The van der Waals surface area contributed by atoms with Crippen molar-refractivity contribution in [3.63, 3.8) is 0 Å². The molecule has 3 heterocycles. The summed E-state index contributed by atoms with van der Waals surface area (Å²) in [7, 11) is 0. The molecule has 0 spiro atoms. The van der Waals surface area contributed by atoms with E-state index in [9.17, 15) is 78.0 Å². The fourth-order valence-corrected chi connectivity index (χ4v) is 10.9. The number of carboxylic acid groups (broad SMARTS) is 3. The van der Waals surface area contributed by atoms with E-state index in [1.54, 1.807) is 91.3 Å². The molecule has 92 heavy (non-hydrogen) atoms. The van der Waals surface area contributed by atoms with Gasteiger partial charge in [0.25, 0.3) is 0 Å². The lowest BCUT2D eigenvalue weighted by atomic mass is 10.0. The zero-order chi connectivity index (χ0) is 66.6. The molecule has 1 fully saturated rings. The number of phenols is 1. The Bertz CT molecular complexity index is 3660. The van der Waals surface area contributed by atoms with E-state index in [-0.39, 0.29) is 68.7 Å². The molecule has 30 heteroatoms. The highest BCUT2D eigenvalue weighted by molar-refractivity contribution is 7.80. The van der Waals surface area contributed by atoms with Gasteiger partial charge >= 0.3 is 17.9 Å². The molecule has 1 aliphatic rings. The SMILES string of the molecule is N[C@@H](CS)C(=O)N[C@@H](CCC(=O)O)C(=O)N1CCC[C@H]1C(=O)N[C@@H](Cc1ccc(O)cc1)C(=O)N[C@@H](Cc1c[nH]c2ccccc12)C(=O)N[C@@H](CC(=O)O)C(=O)NCC(=O)N[C@@H](Cc1c[nH]c2ccccc12)C(=O)N[C@@H](Cc1ccccc1)C(=O)N[C@@H](CS)C(=O)O. The van der Waals surface area contributed by atoms with Crippen LogP contribution in [0, 0.1) is 0 Å². The maximum atomic E-state index is 14.8. The van der Waals surface area contributed by atoms with Gasteiger partial charge in [0.2, 0.25) is 53.2 Å². The van der Waals surface area contributed by atoms with E-state index in [2.05, 4.69) is 77.8 Å². The highest BCUT2D eigenvalue weighted by atomic mass is 32.1. The van der Waals surface area contributed by atoms with E-state index < -0.39 is 145 Å². The maximum Gasteiger partial charge on any atom is 0.327 e. The summed E-state index contributed by atoms with van der Waals surface area (Å²) in [5.74, 6) is -13.2. The number of nitrogens with zero attached hydrogens (tertiary/aromatic N) is 1. The van der Waals surface area contributed by atoms with Gasteiger partial charge in [0.05, 0.1) is 19.0 Å². The van der Waals surface area contributed by atoms with Crippen molar-refractivity contribution in [3.8, 4) is 5.75 Å². The summed E-state index contributed by atoms with van der Waals surface area (Å²) >= 11 is 8.07.